The quantitative estimate of drug-likeness (QED) is 0.765. The Morgan fingerprint density at radius 2 is 2.33 bits per heavy atom. The molecule has 15 heavy (non-hydrogen) atoms. The van der Waals surface area contributed by atoms with E-state index in [2.05, 4.69) is 20.8 Å². The second-order valence-electron chi connectivity index (χ2n) is 3.38. The van der Waals surface area contributed by atoms with Gasteiger partial charge in [0.2, 0.25) is 5.91 Å². The predicted octanol–water partition coefficient (Wildman–Crippen LogP) is 0.722. The minimum absolute atomic E-state index is 0.0409. The minimum atomic E-state index is -0.305. The zero-order chi connectivity index (χ0) is 11.3. The fourth-order valence-electron chi connectivity index (χ4n) is 1.15. The Morgan fingerprint density at radius 1 is 1.60 bits per heavy atom. The maximum absolute atomic E-state index is 11.4. The van der Waals surface area contributed by atoms with Gasteiger partial charge in [-0.05, 0) is 32.4 Å². The predicted molar refractivity (Wildman–Crippen MR) is 58.5 cm³/mol. The second kappa shape index (κ2) is 5.29. The molecule has 0 aliphatic carbocycles. The average molecular weight is 208 g/mol. The van der Waals surface area contributed by atoms with Crippen LogP contribution in [-0.4, -0.2) is 28.7 Å². The Hall–Kier alpha value is -1.65. The smallest absolute Gasteiger partial charge is 0.242 e. The van der Waals surface area contributed by atoms with Crippen molar-refractivity contribution < 1.29 is 4.79 Å². The van der Waals surface area contributed by atoms with Crippen LogP contribution in [0.4, 0.5) is 5.82 Å². The van der Waals surface area contributed by atoms with Gasteiger partial charge in [-0.1, -0.05) is 0 Å². The second-order valence-corrected chi connectivity index (χ2v) is 3.38. The molecule has 1 aromatic heterocycles. The molecule has 2 N–H and O–H groups in total. The Morgan fingerprint density at radius 3 is 2.93 bits per heavy atom. The number of hydrogen-bond donors (Lipinski definition) is 2. The zero-order valence-corrected chi connectivity index (χ0v) is 9.24. The molecule has 1 heterocycles. The van der Waals surface area contributed by atoms with Crippen LogP contribution in [0.25, 0.3) is 0 Å². The number of carbonyl (C=O) groups is 1. The number of amides is 1. The van der Waals surface area contributed by atoms with Crippen LogP contribution < -0.4 is 10.6 Å². The number of anilines is 1. The van der Waals surface area contributed by atoms with Gasteiger partial charge < -0.3 is 10.6 Å². The van der Waals surface area contributed by atoms with Crippen LogP contribution in [-0.2, 0) is 4.79 Å². The number of nitrogens with zero attached hydrogens (tertiary/aromatic N) is 2. The van der Waals surface area contributed by atoms with Crippen molar-refractivity contribution in [2.45, 2.75) is 26.8 Å². The highest BCUT2D eigenvalue weighted by molar-refractivity contribution is 5.83. The lowest BCUT2D eigenvalue weighted by molar-refractivity contribution is -0.121. The molecule has 82 valence electrons. The van der Waals surface area contributed by atoms with E-state index >= 15 is 0 Å². The van der Waals surface area contributed by atoms with Gasteiger partial charge in [0.25, 0.3) is 0 Å². The van der Waals surface area contributed by atoms with Crippen LogP contribution in [0.15, 0.2) is 12.3 Å². The van der Waals surface area contributed by atoms with E-state index in [4.69, 9.17) is 0 Å². The van der Waals surface area contributed by atoms with E-state index in [1.807, 2.05) is 19.9 Å². The molecule has 0 bridgehead atoms. The van der Waals surface area contributed by atoms with E-state index in [0.717, 1.165) is 5.56 Å². The van der Waals surface area contributed by atoms with Crippen LogP contribution in [0.3, 0.4) is 0 Å². The Kier molecular flexibility index (Phi) is 4.03. The molecule has 1 amide bonds. The summed E-state index contributed by atoms with van der Waals surface area (Å²) in [5.41, 5.74) is 1.01. The zero-order valence-electron chi connectivity index (χ0n) is 9.24. The monoisotopic (exact) mass is 208 g/mol. The first-order valence-electron chi connectivity index (χ1n) is 4.97. The molecule has 0 aromatic carbocycles. The molecule has 0 radical (unpaired) electrons. The molecular weight excluding hydrogens is 192 g/mol. The number of hydrogen-bond acceptors (Lipinski definition) is 4. The lowest BCUT2D eigenvalue weighted by Crippen LogP contribution is -2.37. The van der Waals surface area contributed by atoms with Gasteiger partial charge in [0.15, 0.2) is 0 Å². The van der Waals surface area contributed by atoms with Crippen LogP contribution in [0.1, 0.15) is 19.4 Å². The molecule has 0 saturated heterocycles. The number of carbonyl (C=O) groups excluding carboxylic acids is 1. The molecule has 1 aromatic rings. The molecule has 5 heteroatoms. The third kappa shape index (κ3) is 3.53. The fourth-order valence-corrected chi connectivity index (χ4v) is 1.15. The van der Waals surface area contributed by atoms with Crippen molar-refractivity contribution in [3.8, 4) is 0 Å². The van der Waals surface area contributed by atoms with Crippen LogP contribution in [0.2, 0.25) is 0 Å². The Labute approximate surface area is 89.3 Å². The summed E-state index contributed by atoms with van der Waals surface area (Å²) in [6.07, 6.45) is 1.67. The maximum Gasteiger partial charge on any atom is 0.242 e. The van der Waals surface area contributed by atoms with Crippen molar-refractivity contribution >= 4 is 11.7 Å². The van der Waals surface area contributed by atoms with Crippen molar-refractivity contribution in [1.29, 1.82) is 0 Å². The fraction of sp³-hybridized carbons (Fsp3) is 0.500. The summed E-state index contributed by atoms with van der Waals surface area (Å²) in [7, 11) is 0. The van der Waals surface area contributed by atoms with Gasteiger partial charge in [0, 0.05) is 6.54 Å². The van der Waals surface area contributed by atoms with Gasteiger partial charge >= 0.3 is 0 Å². The molecule has 0 saturated carbocycles. The molecule has 0 aliphatic heterocycles. The van der Waals surface area contributed by atoms with E-state index in [1.165, 1.54) is 0 Å². The molecule has 0 fully saturated rings. The molecule has 0 spiro atoms. The van der Waals surface area contributed by atoms with E-state index in [-0.39, 0.29) is 11.9 Å². The lowest BCUT2D eigenvalue weighted by Gasteiger charge is -2.13. The van der Waals surface area contributed by atoms with Crippen LogP contribution in [0.5, 0.6) is 0 Å². The summed E-state index contributed by atoms with van der Waals surface area (Å²) in [6, 6.07) is 1.55. The van der Waals surface area contributed by atoms with Crippen LogP contribution in [0, 0.1) is 6.92 Å². The third-order valence-corrected chi connectivity index (χ3v) is 1.90. The Balaban J connectivity index is 2.58. The molecule has 1 unspecified atom stereocenters. The number of aromatic nitrogens is 2. The average Bonchev–Trinajstić information content (AvgIpc) is 2.18. The Bertz CT molecular complexity index is 340. The first-order valence-corrected chi connectivity index (χ1v) is 4.97. The minimum Gasteiger partial charge on any atom is -0.357 e. The number of likely N-dealkylation sites (N-methyl/N-ethyl adjacent to an activating group) is 1. The summed E-state index contributed by atoms with van der Waals surface area (Å²) >= 11 is 0. The highest BCUT2D eigenvalue weighted by Gasteiger charge is 2.11. The van der Waals surface area contributed by atoms with Gasteiger partial charge in [0.05, 0.1) is 6.20 Å². The number of rotatable bonds is 4. The lowest BCUT2D eigenvalue weighted by atomic mass is 10.3. The summed E-state index contributed by atoms with van der Waals surface area (Å²) in [6.45, 7) is 6.23. The SMILES string of the molecule is CCNC(=O)C(C)Nc1cc(C)cnn1. The van der Waals surface area contributed by atoms with E-state index < -0.39 is 0 Å². The van der Waals surface area contributed by atoms with Crippen molar-refractivity contribution in [1.82, 2.24) is 15.5 Å². The van der Waals surface area contributed by atoms with Crippen molar-refractivity contribution in [2.24, 2.45) is 0 Å². The van der Waals surface area contributed by atoms with Crippen molar-refractivity contribution in [3.05, 3.63) is 17.8 Å². The maximum atomic E-state index is 11.4. The van der Waals surface area contributed by atoms with Gasteiger partial charge in [-0.2, -0.15) is 5.10 Å². The standard InChI is InChI=1S/C10H16N4O/c1-4-11-10(15)8(3)13-9-5-7(2)6-12-14-9/h5-6,8H,4H2,1-3H3,(H,11,15)(H,13,14). The third-order valence-electron chi connectivity index (χ3n) is 1.90. The molecule has 5 nitrogen and oxygen atoms in total. The first kappa shape index (κ1) is 11.4. The van der Waals surface area contributed by atoms with Crippen molar-refractivity contribution in [2.75, 3.05) is 11.9 Å². The van der Waals surface area contributed by atoms with Gasteiger partial charge in [0.1, 0.15) is 11.9 Å². The summed E-state index contributed by atoms with van der Waals surface area (Å²) in [5.74, 6) is 0.578. The number of aryl methyl sites for hydroxylation is 1. The van der Waals surface area contributed by atoms with Crippen molar-refractivity contribution in [3.63, 3.8) is 0 Å². The topological polar surface area (TPSA) is 66.9 Å². The van der Waals surface area contributed by atoms with E-state index in [0.29, 0.717) is 12.4 Å². The summed E-state index contributed by atoms with van der Waals surface area (Å²) in [5, 5.41) is 13.4. The molecule has 1 rings (SSSR count). The highest BCUT2D eigenvalue weighted by atomic mass is 16.2. The van der Waals surface area contributed by atoms with E-state index in [9.17, 15) is 4.79 Å². The highest BCUT2D eigenvalue weighted by Crippen LogP contribution is 2.04. The number of nitrogens with one attached hydrogen (secondary N) is 2. The van der Waals surface area contributed by atoms with Gasteiger partial charge in [-0.25, -0.2) is 0 Å². The molecule has 1 atom stereocenters. The van der Waals surface area contributed by atoms with Gasteiger partial charge in [-0.3, -0.25) is 4.79 Å². The van der Waals surface area contributed by atoms with Gasteiger partial charge in [-0.15, -0.1) is 5.10 Å². The van der Waals surface area contributed by atoms with Crippen LogP contribution >= 0.6 is 0 Å². The largest absolute Gasteiger partial charge is 0.357 e. The normalized spacial score (nSPS) is 11.9. The van der Waals surface area contributed by atoms with E-state index in [1.54, 1.807) is 13.1 Å². The molecule has 0 aliphatic rings. The summed E-state index contributed by atoms with van der Waals surface area (Å²) < 4.78 is 0. The summed E-state index contributed by atoms with van der Waals surface area (Å²) in [4.78, 5) is 11.4. The molecular formula is C10H16N4O. The first-order chi connectivity index (χ1) is 7.13.